The SMILES string of the molecule is C[Si](C)(C)C#CCCCCCCCCCC(=O)O. The molecule has 0 aliphatic heterocycles. The Morgan fingerprint density at radius 3 is 1.94 bits per heavy atom. The Balaban J connectivity index is 3.21. The zero-order valence-corrected chi connectivity index (χ0v) is 13.2. The van der Waals surface area contributed by atoms with Crippen molar-refractivity contribution < 1.29 is 9.90 Å². The Bertz CT molecular complexity index is 281. The quantitative estimate of drug-likeness (QED) is 0.381. The number of aliphatic carboxylic acids is 1. The lowest BCUT2D eigenvalue weighted by atomic mass is 10.1. The van der Waals surface area contributed by atoms with Crippen molar-refractivity contribution in [1.82, 2.24) is 0 Å². The van der Waals surface area contributed by atoms with Crippen molar-refractivity contribution in [3.05, 3.63) is 0 Å². The lowest BCUT2D eigenvalue weighted by molar-refractivity contribution is -0.137. The summed E-state index contributed by atoms with van der Waals surface area (Å²) < 4.78 is 0. The molecule has 0 radical (unpaired) electrons. The van der Waals surface area contributed by atoms with Gasteiger partial charge in [-0.3, -0.25) is 4.79 Å². The summed E-state index contributed by atoms with van der Waals surface area (Å²) in [7, 11) is -1.17. The van der Waals surface area contributed by atoms with Crippen LogP contribution in [0.3, 0.4) is 0 Å². The van der Waals surface area contributed by atoms with Gasteiger partial charge in [0.1, 0.15) is 8.07 Å². The average Bonchev–Trinajstić information content (AvgIpc) is 2.24. The van der Waals surface area contributed by atoms with Gasteiger partial charge in [0.05, 0.1) is 0 Å². The first-order valence-corrected chi connectivity index (χ1v) is 10.6. The molecule has 0 saturated heterocycles. The lowest BCUT2D eigenvalue weighted by Gasteiger charge is -2.03. The normalized spacial score (nSPS) is 10.8. The van der Waals surface area contributed by atoms with Crippen LogP contribution in [0.15, 0.2) is 0 Å². The molecule has 2 nitrogen and oxygen atoms in total. The highest BCUT2D eigenvalue weighted by Crippen LogP contribution is 2.09. The van der Waals surface area contributed by atoms with Gasteiger partial charge in [0, 0.05) is 12.8 Å². The third-order valence-corrected chi connectivity index (χ3v) is 3.58. The van der Waals surface area contributed by atoms with Crippen LogP contribution in [0.1, 0.15) is 57.8 Å². The van der Waals surface area contributed by atoms with Crippen LogP contribution < -0.4 is 0 Å². The minimum Gasteiger partial charge on any atom is -0.481 e. The van der Waals surface area contributed by atoms with Gasteiger partial charge in [0.25, 0.3) is 0 Å². The largest absolute Gasteiger partial charge is 0.481 e. The highest BCUT2D eigenvalue weighted by molar-refractivity contribution is 6.83. The van der Waals surface area contributed by atoms with Crippen molar-refractivity contribution in [2.45, 2.75) is 77.4 Å². The molecule has 0 aromatic heterocycles. The zero-order chi connectivity index (χ0) is 13.9. The van der Waals surface area contributed by atoms with Crippen LogP contribution in [-0.4, -0.2) is 19.1 Å². The van der Waals surface area contributed by atoms with E-state index in [1.54, 1.807) is 0 Å². The van der Waals surface area contributed by atoms with Crippen molar-refractivity contribution in [2.24, 2.45) is 0 Å². The number of rotatable bonds is 9. The minimum absolute atomic E-state index is 0.326. The molecule has 0 amide bonds. The number of carboxylic acids is 1. The molecule has 0 spiro atoms. The van der Waals surface area contributed by atoms with Gasteiger partial charge in [-0.25, -0.2) is 0 Å². The summed E-state index contributed by atoms with van der Waals surface area (Å²) in [5.74, 6) is 2.63. The molecule has 0 aromatic carbocycles. The van der Waals surface area contributed by atoms with E-state index in [0.29, 0.717) is 6.42 Å². The molecule has 0 aliphatic rings. The number of carboxylic acid groups (broad SMARTS) is 1. The Hall–Kier alpha value is -0.753. The molecule has 0 saturated carbocycles. The van der Waals surface area contributed by atoms with Gasteiger partial charge in [0.2, 0.25) is 0 Å². The van der Waals surface area contributed by atoms with E-state index in [1.165, 1.54) is 32.1 Å². The van der Waals surface area contributed by atoms with Gasteiger partial charge < -0.3 is 5.11 Å². The van der Waals surface area contributed by atoms with E-state index in [0.717, 1.165) is 19.3 Å². The summed E-state index contributed by atoms with van der Waals surface area (Å²) in [6.45, 7) is 6.82. The van der Waals surface area contributed by atoms with Gasteiger partial charge in [-0.1, -0.05) is 51.7 Å². The minimum atomic E-state index is -1.17. The second-order valence-electron chi connectivity index (χ2n) is 5.92. The highest BCUT2D eigenvalue weighted by atomic mass is 28.3. The monoisotopic (exact) mass is 268 g/mol. The number of hydrogen-bond acceptors (Lipinski definition) is 1. The van der Waals surface area contributed by atoms with Crippen LogP contribution in [-0.2, 0) is 4.79 Å². The Morgan fingerprint density at radius 2 is 1.44 bits per heavy atom. The molecular weight excluding hydrogens is 240 g/mol. The Labute approximate surface area is 113 Å². The molecule has 104 valence electrons. The van der Waals surface area contributed by atoms with Crippen molar-refractivity contribution in [2.75, 3.05) is 0 Å². The zero-order valence-electron chi connectivity index (χ0n) is 12.2. The summed E-state index contributed by atoms with van der Waals surface area (Å²) in [5, 5.41) is 8.48. The fourth-order valence-electron chi connectivity index (χ4n) is 1.70. The lowest BCUT2D eigenvalue weighted by Crippen LogP contribution is -2.16. The van der Waals surface area contributed by atoms with E-state index < -0.39 is 14.0 Å². The highest BCUT2D eigenvalue weighted by Gasteiger charge is 2.06. The van der Waals surface area contributed by atoms with Crippen molar-refractivity contribution in [1.29, 1.82) is 0 Å². The van der Waals surface area contributed by atoms with Crippen LogP contribution in [0, 0.1) is 11.5 Å². The van der Waals surface area contributed by atoms with Gasteiger partial charge in [-0.2, -0.15) is 0 Å². The maximum Gasteiger partial charge on any atom is 0.303 e. The molecule has 0 aromatic rings. The number of hydrogen-bond donors (Lipinski definition) is 1. The second-order valence-corrected chi connectivity index (χ2v) is 10.7. The standard InChI is InChI=1S/C15H28O2Si/c1-18(2,3)14-12-10-8-6-4-5-7-9-11-13-15(16)17/h4-11,13H2,1-3H3,(H,16,17). The van der Waals surface area contributed by atoms with E-state index in [2.05, 4.69) is 31.1 Å². The summed E-state index contributed by atoms with van der Waals surface area (Å²) in [4.78, 5) is 10.3. The second kappa shape index (κ2) is 10.2. The molecule has 0 fully saturated rings. The molecule has 0 bridgehead atoms. The predicted octanol–water partition coefficient (Wildman–Crippen LogP) is 4.46. The van der Waals surface area contributed by atoms with Crippen molar-refractivity contribution in [3.8, 4) is 11.5 Å². The first kappa shape index (κ1) is 17.2. The molecular formula is C15H28O2Si. The molecule has 3 heteroatoms. The first-order valence-electron chi connectivity index (χ1n) is 7.13. The molecule has 0 aliphatic carbocycles. The van der Waals surface area contributed by atoms with Crippen LogP contribution in [0.25, 0.3) is 0 Å². The summed E-state index contributed by atoms with van der Waals surface area (Å²) in [5.41, 5.74) is 3.38. The molecule has 0 heterocycles. The van der Waals surface area contributed by atoms with Crippen molar-refractivity contribution >= 4 is 14.0 Å². The first-order chi connectivity index (χ1) is 8.42. The molecule has 0 unspecified atom stereocenters. The van der Waals surface area contributed by atoms with Crippen LogP contribution in [0.4, 0.5) is 0 Å². The molecule has 1 N–H and O–H groups in total. The maximum absolute atomic E-state index is 10.3. The molecule has 18 heavy (non-hydrogen) atoms. The third kappa shape index (κ3) is 15.2. The maximum atomic E-state index is 10.3. The fraction of sp³-hybridized carbons (Fsp3) is 0.800. The van der Waals surface area contributed by atoms with E-state index in [1.807, 2.05) is 0 Å². The summed E-state index contributed by atoms with van der Waals surface area (Å²) in [6, 6.07) is 0. The fourth-order valence-corrected chi connectivity index (χ4v) is 2.36. The van der Waals surface area contributed by atoms with Crippen molar-refractivity contribution in [3.63, 3.8) is 0 Å². The Kier molecular flexibility index (Phi) is 9.77. The van der Waals surface area contributed by atoms with E-state index in [-0.39, 0.29) is 0 Å². The van der Waals surface area contributed by atoms with E-state index in [4.69, 9.17) is 5.11 Å². The summed E-state index contributed by atoms with van der Waals surface area (Å²) in [6.07, 6.45) is 9.41. The van der Waals surface area contributed by atoms with Gasteiger partial charge in [-0.05, 0) is 12.8 Å². The van der Waals surface area contributed by atoms with E-state index in [9.17, 15) is 4.79 Å². The summed E-state index contributed by atoms with van der Waals surface area (Å²) >= 11 is 0. The number of unbranched alkanes of at least 4 members (excludes halogenated alkanes) is 7. The van der Waals surface area contributed by atoms with Gasteiger partial charge in [-0.15, -0.1) is 11.5 Å². The van der Waals surface area contributed by atoms with Gasteiger partial charge >= 0.3 is 5.97 Å². The topological polar surface area (TPSA) is 37.3 Å². The Morgan fingerprint density at radius 1 is 0.944 bits per heavy atom. The van der Waals surface area contributed by atoms with Crippen LogP contribution >= 0.6 is 0 Å². The predicted molar refractivity (Wildman–Crippen MR) is 80.3 cm³/mol. The smallest absolute Gasteiger partial charge is 0.303 e. The van der Waals surface area contributed by atoms with Crippen LogP contribution in [0.2, 0.25) is 19.6 Å². The van der Waals surface area contributed by atoms with E-state index >= 15 is 0 Å². The molecule has 0 atom stereocenters. The van der Waals surface area contributed by atoms with Crippen LogP contribution in [0.5, 0.6) is 0 Å². The molecule has 0 rings (SSSR count). The van der Waals surface area contributed by atoms with Gasteiger partial charge in [0.15, 0.2) is 0 Å². The average molecular weight is 268 g/mol. The number of carbonyl (C=O) groups is 1. The third-order valence-electron chi connectivity index (χ3n) is 2.66.